The molecule has 0 heterocycles. The van der Waals surface area contributed by atoms with E-state index in [4.69, 9.17) is 23.2 Å². The average molecular weight is 233 g/mol. The van der Waals surface area contributed by atoms with Gasteiger partial charge in [0.1, 0.15) is 0 Å². The Labute approximate surface area is 93.6 Å². The minimum atomic E-state index is -0.702. The zero-order valence-corrected chi connectivity index (χ0v) is 9.22. The largest absolute Gasteiger partial charge is 0.350 e. The van der Waals surface area contributed by atoms with Crippen LogP contribution in [0.5, 0.6) is 0 Å². The quantitative estimate of drug-likeness (QED) is 0.148. The summed E-state index contributed by atoms with van der Waals surface area (Å²) in [6.45, 7) is 2.87. The first-order valence-electron chi connectivity index (χ1n) is 4.72. The number of carbonyl (C=O) groups excluding carboxylic acids is 2. The fourth-order valence-corrected chi connectivity index (χ4v) is 0.936. The van der Waals surface area contributed by atoms with Crippen molar-refractivity contribution in [2.45, 2.75) is 13.0 Å². The first-order valence-corrected chi connectivity index (χ1v) is 4.72. The zero-order valence-electron chi connectivity index (χ0n) is 9.22. The van der Waals surface area contributed by atoms with Crippen LogP contribution in [0.4, 0.5) is 9.59 Å². The van der Waals surface area contributed by atoms with Gasteiger partial charge in [-0.15, -0.1) is 0 Å². The molecule has 0 bridgehead atoms. The maximum absolute atomic E-state index is 10.7. The molecule has 4 amide bonds. The van der Waals surface area contributed by atoms with Gasteiger partial charge in [-0.05, 0) is 6.92 Å². The third kappa shape index (κ3) is 5.34. The Bertz CT molecular complexity index is 247. The molecule has 0 aromatic carbocycles. The lowest BCUT2D eigenvalue weighted by atomic mass is 10.3. The van der Waals surface area contributed by atoms with Gasteiger partial charge in [-0.3, -0.25) is 10.0 Å². The summed E-state index contributed by atoms with van der Waals surface area (Å²) in [6, 6.07) is -1.66. The van der Waals surface area contributed by atoms with E-state index in [-0.39, 0.29) is 12.6 Å². The van der Waals surface area contributed by atoms with Gasteiger partial charge < -0.3 is 16.8 Å². The van der Waals surface area contributed by atoms with Gasteiger partial charge in [-0.2, -0.15) is 0 Å². The molecule has 0 aromatic rings. The molecular weight excluding hydrogens is 214 g/mol. The molecule has 0 aliphatic heterocycles. The molecule has 9 N–H and O–H groups in total. The molecule has 1 unspecified atom stereocenters. The van der Waals surface area contributed by atoms with Crippen LogP contribution in [0.15, 0.2) is 0 Å². The number of nitrogens with one attached hydrogen (secondary N) is 1. The topological polar surface area (TPSA) is 157 Å². The van der Waals surface area contributed by atoms with E-state index in [0.717, 1.165) is 10.0 Å². The summed E-state index contributed by atoms with van der Waals surface area (Å²) in [5, 5.41) is 4.75. The van der Waals surface area contributed by atoms with Crippen molar-refractivity contribution >= 4 is 12.1 Å². The predicted molar refractivity (Wildman–Crippen MR) is 58.4 cm³/mol. The third-order valence-corrected chi connectivity index (χ3v) is 1.98. The molecule has 0 saturated carbocycles. The van der Waals surface area contributed by atoms with Crippen LogP contribution >= 0.6 is 0 Å². The van der Waals surface area contributed by atoms with Crippen molar-refractivity contribution in [3.05, 3.63) is 0 Å². The van der Waals surface area contributed by atoms with Crippen LogP contribution in [0.2, 0.25) is 0 Å². The van der Waals surface area contributed by atoms with Crippen molar-refractivity contribution in [1.29, 1.82) is 0 Å². The second kappa shape index (κ2) is 6.82. The summed E-state index contributed by atoms with van der Waals surface area (Å²) in [6.07, 6.45) is 0. The number of hydrogen-bond acceptors (Lipinski definition) is 5. The van der Waals surface area contributed by atoms with Gasteiger partial charge in [0.25, 0.3) is 0 Å². The van der Waals surface area contributed by atoms with E-state index >= 15 is 0 Å². The van der Waals surface area contributed by atoms with Gasteiger partial charge in [0.2, 0.25) is 0 Å². The molecule has 0 spiro atoms. The first kappa shape index (κ1) is 14.4. The van der Waals surface area contributed by atoms with E-state index in [1.807, 2.05) is 0 Å². The van der Waals surface area contributed by atoms with Crippen LogP contribution < -0.4 is 28.5 Å². The van der Waals surface area contributed by atoms with Crippen molar-refractivity contribution < 1.29 is 9.59 Å². The number of primary amides is 2. The SMILES string of the molecule is CC(CNCCN(N)C(N)=O)N(N)C(N)=O. The molecule has 0 aliphatic carbocycles. The summed E-state index contributed by atoms with van der Waals surface area (Å²) in [4.78, 5) is 21.2. The van der Waals surface area contributed by atoms with E-state index in [2.05, 4.69) is 5.32 Å². The Hall–Kier alpha value is -1.58. The summed E-state index contributed by atoms with van der Waals surface area (Å²) in [5.41, 5.74) is 9.88. The number of nitrogens with zero attached hydrogens (tertiary/aromatic N) is 2. The lowest BCUT2D eigenvalue weighted by Gasteiger charge is -2.22. The highest BCUT2D eigenvalue weighted by Gasteiger charge is 2.12. The van der Waals surface area contributed by atoms with Crippen molar-refractivity contribution in [2.24, 2.45) is 23.2 Å². The Morgan fingerprint density at radius 2 is 1.81 bits per heavy atom. The average Bonchev–Trinajstić information content (AvgIpc) is 2.22. The second-order valence-corrected chi connectivity index (χ2v) is 3.33. The minimum Gasteiger partial charge on any atom is -0.350 e. The number of amides is 4. The normalized spacial score (nSPS) is 11.9. The van der Waals surface area contributed by atoms with Gasteiger partial charge in [0.15, 0.2) is 0 Å². The van der Waals surface area contributed by atoms with Crippen LogP contribution in [-0.4, -0.2) is 47.8 Å². The second-order valence-electron chi connectivity index (χ2n) is 3.33. The Morgan fingerprint density at radius 3 is 2.25 bits per heavy atom. The van der Waals surface area contributed by atoms with Gasteiger partial charge in [0, 0.05) is 13.1 Å². The van der Waals surface area contributed by atoms with E-state index in [9.17, 15) is 9.59 Å². The van der Waals surface area contributed by atoms with Gasteiger partial charge in [-0.1, -0.05) is 0 Å². The monoisotopic (exact) mass is 233 g/mol. The van der Waals surface area contributed by atoms with Gasteiger partial charge in [0.05, 0.1) is 12.6 Å². The number of rotatable bonds is 6. The molecule has 9 nitrogen and oxygen atoms in total. The van der Waals surface area contributed by atoms with Crippen LogP contribution in [0.1, 0.15) is 6.92 Å². The number of hydrazine groups is 2. The Kier molecular flexibility index (Phi) is 6.15. The van der Waals surface area contributed by atoms with E-state index < -0.39 is 12.1 Å². The maximum Gasteiger partial charge on any atom is 0.329 e. The summed E-state index contributed by atoms with van der Waals surface area (Å²) in [5.74, 6) is 10.6. The van der Waals surface area contributed by atoms with Crippen LogP contribution in [-0.2, 0) is 0 Å². The minimum absolute atomic E-state index is 0.252. The van der Waals surface area contributed by atoms with Crippen molar-refractivity contribution in [3.63, 3.8) is 0 Å². The Balaban J connectivity index is 3.66. The molecule has 0 saturated heterocycles. The standard InChI is InChI=1S/C7H19N7O2/c1-5(14(11)7(9)16)4-12-2-3-13(10)6(8)15/h5,12H,2-4,10-11H2,1H3,(H2,8,15)(H2,9,16). The molecule has 0 aromatic heterocycles. The first-order chi connectivity index (χ1) is 7.36. The fourth-order valence-electron chi connectivity index (χ4n) is 0.936. The number of nitrogens with two attached hydrogens (primary N) is 4. The van der Waals surface area contributed by atoms with Crippen molar-refractivity contribution in [1.82, 2.24) is 15.3 Å². The van der Waals surface area contributed by atoms with E-state index in [0.29, 0.717) is 13.1 Å². The van der Waals surface area contributed by atoms with E-state index in [1.54, 1.807) is 6.92 Å². The highest BCUT2D eigenvalue weighted by molar-refractivity contribution is 5.71. The lowest BCUT2D eigenvalue weighted by Crippen LogP contribution is -2.52. The molecule has 0 fully saturated rings. The van der Waals surface area contributed by atoms with Gasteiger partial charge >= 0.3 is 12.1 Å². The maximum atomic E-state index is 10.7. The lowest BCUT2D eigenvalue weighted by molar-refractivity contribution is 0.187. The highest BCUT2D eigenvalue weighted by atomic mass is 16.2. The van der Waals surface area contributed by atoms with Gasteiger partial charge in [-0.25, -0.2) is 21.3 Å². The molecule has 1 atom stereocenters. The van der Waals surface area contributed by atoms with E-state index in [1.165, 1.54) is 0 Å². The zero-order chi connectivity index (χ0) is 12.7. The molecule has 16 heavy (non-hydrogen) atoms. The summed E-state index contributed by atoms with van der Waals surface area (Å²) in [7, 11) is 0. The van der Waals surface area contributed by atoms with Crippen molar-refractivity contribution in [2.75, 3.05) is 19.6 Å². The predicted octanol–water partition coefficient (Wildman–Crippen LogP) is -2.53. The molecule has 9 heteroatoms. The molecular formula is C7H19N7O2. The van der Waals surface area contributed by atoms with Crippen molar-refractivity contribution in [3.8, 4) is 0 Å². The highest BCUT2D eigenvalue weighted by Crippen LogP contribution is 1.89. The molecule has 0 rings (SSSR count). The molecule has 0 aliphatic rings. The number of hydrogen-bond donors (Lipinski definition) is 5. The smallest absolute Gasteiger partial charge is 0.329 e. The number of urea groups is 2. The molecule has 94 valence electrons. The van der Waals surface area contributed by atoms with Crippen LogP contribution in [0.25, 0.3) is 0 Å². The molecule has 0 radical (unpaired) electrons. The Morgan fingerprint density at radius 1 is 1.25 bits per heavy atom. The summed E-state index contributed by atoms with van der Waals surface area (Å²) < 4.78 is 0. The van der Waals surface area contributed by atoms with Crippen LogP contribution in [0, 0.1) is 0 Å². The van der Waals surface area contributed by atoms with Crippen LogP contribution in [0.3, 0.4) is 0 Å². The fraction of sp³-hybridized carbons (Fsp3) is 0.714. The third-order valence-electron chi connectivity index (χ3n) is 1.98. The summed E-state index contributed by atoms with van der Waals surface area (Å²) >= 11 is 0. The number of carbonyl (C=O) groups is 2.